The highest BCUT2D eigenvalue weighted by Crippen LogP contribution is 2.42. The summed E-state index contributed by atoms with van der Waals surface area (Å²) in [5.74, 6) is -0.959. The van der Waals surface area contributed by atoms with Crippen molar-refractivity contribution in [2.45, 2.75) is 45.1 Å². The third-order valence-electron chi connectivity index (χ3n) is 6.73. The average Bonchev–Trinajstić information content (AvgIpc) is 3.24. The summed E-state index contributed by atoms with van der Waals surface area (Å²) in [5.41, 5.74) is -0.0750. The lowest BCUT2D eigenvalue weighted by Crippen LogP contribution is -2.49. The van der Waals surface area contributed by atoms with E-state index in [9.17, 15) is 27.6 Å². The fraction of sp³-hybridized carbons (Fsp3) is 0.357. The van der Waals surface area contributed by atoms with Gasteiger partial charge in [-0.1, -0.05) is 38.1 Å². The summed E-state index contributed by atoms with van der Waals surface area (Å²) in [5, 5.41) is 5.45. The molecule has 4 amide bonds. The Morgan fingerprint density at radius 3 is 2.54 bits per heavy atom. The maximum Gasteiger partial charge on any atom is 0.416 e. The van der Waals surface area contributed by atoms with E-state index in [2.05, 4.69) is 22.2 Å². The first kappa shape index (κ1) is 27.9. The zero-order valence-corrected chi connectivity index (χ0v) is 21.7. The predicted octanol–water partition coefficient (Wildman–Crippen LogP) is 4.18. The van der Waals surface area contributed by atoms with Gasteiger partial charge in [-0.2, -0.15) is 13.2 Å². The Labute approximate surface area is 224 Å². The van der Waals surface area contributed by atoms with E-state index < -0.39 is 41.7 Å². The lowest BCUT2D eigenvalue weighted by atomic mass is 9.91. The van der Waals surface area contributed by atoms with Crippen LogP contribution in [-0.4, -0.2) is 51.8 Å². The summed E-state index contributed by atoms with van der Waals surface area (Å²) in [4.78, 5) is 47.0. The van der Waals surface area contributed by atoms with Gasteiger partial charge in [0.1, 0.15) is 6.04 Å². The number of aromatic nitrogens is 1. The minimum atomic E-state index is -4.70. The van der Waals surface area contributed by atoms with Gasteiger partial charge in [0, 0.05) is 25.5 Å². The summed E-state index contributed by atoms with van der Waals surface area (Å²) < 4.78 is 41.7. The molecule has 0 saturated carbocycles. The zero-order valence-electron chi connectivity index (χ0n) is 21.7. The number of rotatable bonds is 9. The van der Waals surface area contributed by atoms with Crippen molar-refractivity contribution in [1.29, 1.82) is 0 Å². The molecule has 2 atom stereocenters. The lowest BCUT2D eigenvalue weighted by molar-refractivity contribution is -0.139. The Morgan fingerprint density at radius 1 is 1.21 bits per heavy atom. The first-order valence-corrected chi connectivity index (χ1v) is 12.6. The average molecular weight is 542 g/mol. The molecule has 8 nitrogen and oxygen atoms in total. The fourth-order valence-electron chi connectivity index (χ4n) is 4.96. The summed E-state index contributed by atoms with van der Waals surface area (Å²) in [6, 6.07) is 5.50. The number of benzene rings is 1. The second-order valence-corrected chi connectivity index (χ2v) is 9.88. The second-order valence-electron chi connectivity index (χ2n) is 9.88. The topological polar surface area (TPSA) is 94.6 Å². The summed E-state index contributed by atoms with van der Waals surface area (Å²) in [6.07, 6.45) is 0.294. The SMILES string of the molecule is C=CCN1C(=O)N[C@H](c2ccccc2C(F)(F)F)C2=C1CN([C@H](CC(C)C)C(=O)NCc1ccncc1)C2=O. The van der Waals surface area contributed by atoms with Crippen molar-refractivity contribution in [3.8, 4) is 0 Å². The number of halogens is 3. The van der Waals surface area contributed by atoms with Crippen LogP contribution in [0, 0.1) is 5.92 Å². The van der Waals surface area contributed by atoms with Gasteiger partial charge < -0.3 is 15.5 Å². The normalized spacial score (nSPS) is 18.3. The molecule has 0 bridgehead atoms. The maximum atomic E-state index is 13.9. The molecule has 206 valence electrons. The van der Waals surface area contributed by atoms with Gasteiger partial charge in [-0.05, 0) is 41.7 Å². The molecule has 11 heteroatoms. The number of pyridine rings is 1. The third kappa shape index (κ3) is 5.81. The summed E-state index contributed by atoms with van der Waals surface area (Å²) >= 11 is 0. The van der Waals surface area contributed by atoms with Crippen LogP contribution in [0.5, 0.6) is 0 Å². The minimum Gasteiger partial charge on any atom is -0.350 e. The molecule has 2 aromatic rings. The molecule has 0 spiro atoms. The van der Waals surface area contributed by atoms with Gasteiger partial charge in [0.05, 0.1) is 29.4 Å². The molecular formula is C28H30F3N5O3. The van der Waals surface area contributed by atoms with Gasteiger partial charge >= 0.3 is 12.2 Å². The minimum absolute atomic E-state index is 0.0174. The maximum absolute atomic E-state index is 13.9. The molecule has 3 heterocycles. The number of alkyl halides is 3. The highest BCUT2D eigenvalue weighted by atomic mass is 19.4. The Balaban J connectivity index is 1.71. The van der Waals surface area contributed by atoms with Gasteiger partial charge in [0.15, 0.2) is 0 Å². The van der Waals surface area contributed by atoms with E-state index in [0.717, 1.165) is 11.6 Å². The Hall–Kier alpha value is -4.15. The smallest absolute Gasteiger partial charge is 0.350 e. The van der Waals surface area contributed by atoms with Gasteiger partial charge in [-0.25, -0.2) is 4.79 Å². The quantitative estimate of drug-likeness (QED) is 0.466. The van der Waals surface area contributed by atoms with Gasteiger partial charge in [0.25, 0.3) is 5.91 Å². The van der Waals surface area contributed by atoms with Crippen molar-refractivity contribution in [2.24, 2.45) is 5.92 Å². The largest absolute Gasteiger partial charge is 0.416 e. The van der Waals surface area contributed by atoms with Crippen LogP contribution in [0.3, 0.4) is 0 Å². The van der Waals surface area contributed by atoms with Crippen LogP contribution in [-0.2, 0) is 22.3 Å². The van der Waals surface area contributed by atoms with Crippen LogP contribution in [0.4, 0.5) is 18.0 Å². The highest BCUT2D eigenvalue weighted by Gasteiger charge is 2.48. The van der Waals surface area contributed by atoms with Crippen LogP contribution in [0.2, 0.25) is 0 Å². The number of hydrogen-bond donors (Lipinski definition) is 2. The Bertz CT molecular complexity index is 1290. The number of carbonyl (C=O) groups excluding carboxylic acids is 3. The monoisotopic (exact) mass is 541 g/mol. The Morgan fingerprint density at radius 2 is 1.90 bits per heavy atom. The molecule has 39 heavy (non-hydrogen) atoms. The number of hydrogen-bond acceptors (Lipinski definition) is 4. The van der Waals surface area contributed by atoms with E-state index in [1.54, 1.807) is 24.5 Å². The van der Waals surface area contributed by atoms with Crippen molar-refractivity contribution >= 4 is 17.8 Å². The number of amides is 4. The van der Waals surface area contributed by atoms with Crippen molar-refractivity contribution < 1.29 is 27.6 Å². The summed E-state index contributed by atoms with van der Waals surface area (Å²) in [7, 11) is 0. The molecule has 4 rings (SSSR count). The van der Waals surface area contributed by atoms with Crippen molar-refractivity contribution in [3.05, 3.63) is 89.4 Å². The van der Waals surface area contributed by atoms with Crippen molar-refractivity contribution in [1.82, 2.24) is 25.4 Å². The molecule has 1 aromatic heterocycles. The van der Waals surface area contributed by atoms with Crippen LogP contribution in [0.25, 0.3) is 0 Å². The van der Waals surface area contributed by atoms with E-state index in [4.69, 9.17) is 0 Å². The predicted molar refractivity (Wildman–Crippen MR) is 138 cm³/mol. The zero-order chi connectivity index (χ0) is 28.3. The van der Waals surface area contributed by atoms with Gasteiger partial charge in [-0.3, -0.25) is 19.5 Å². The lowest BCUT2D eigenvalue weighted by Gasteiger charge is -2.33. The van der Waals surface area contributed by atoms with Gasteiger partial charge in [-0.15, -0.1) is 6.58 Å². The fourth-order valence-corrected chi connectivity index (χ4v) is 4.96. The van der Waals surface area contributed by atoms with Crippen LogP contribution < -0.4 is 10.6 Å². The highest BCUT2D eigenvalue weighted by molar-refractivity contribution is 6.03. The number of nitrogens with zero attached hydrogens (tertiary/aromatic N) is 3. The van der Waals surface area contributed by atoms with E-state index in [0.29, 0.717) is 6.42 Å². The standard InChI is InChI=1S/C28H30F3N5O3/c1-4-13-35-22-16-36(21(14-17(2)3)25(37)33-15-18-9-11-32-12-10-18)26(38)23(22)24(34-27(35)39)19-7-5-6-8-20(19)28(29,30)31/h4-12,17,21,24H,1,13-16H2,2-3H3,(H,33,37)(H,34,39)/t21-,24-/m1/s1. The first-order chi connectivity index (χ1) is 18.5. The van der Waals surface area contributed by atoms with Crippen molar-refractivity contribution in [3.63, 3.8) is 0 Å². The molecule has 0 fully saturated rings. The molecular weight excluding hydrogens is 511 g/mol. The molecule has 0 aliphatic carbocycles. The molecule has 2 aliphatic heterocycles. The molecule has 1 aromatic carbocycles. The molecule has 2 N–H and O–H groups in total. The first-order valence-electron chi connectivity index (χ1n) is 12.6. The number of nitrogens with one attached hydrogen (secondary N) is 2. The second kappa shape index (κ2) is 11.3. The van der Waals surface area contributed by atoms with E-state index in [1.165, 1.54) is 34.1 Å². The van der Waals surface area contributed by atoms with Crippen LogP contribution in [0.1, 0.15) is 43.0 Å². The van der Waals surface area contributed by atoms with E-state index in [-0.39, 0.29) is 42.4 Å². The third-order valence-corrected chi connectivity index (χ3v) is 6.73. The van der Waals surface area contributed by atoms with E-state index >= 15 is 0 Å². The molecule has 0 unspecified atom stereocenters. The summed E-state index contributed by atoms with van der Waals surface area (Å²) in [6.45, 7) is 7.65. The van der Waals surface area contributed by atoms with Crippen molar-refractivity contribution in [2.75, 3.05) is 13.1 Å². The Kier molecular flexibility index (Phi) is 8.08. The van der Waals surface area contributed by atoms with Crippen LogP contribution in [0.15, 0.2) is 72.7 Å². The molecule has 0 radical (unpaired) electrons. The number of urea groups is 1. The van der Waals surface area contributed by atoms with Crippen LogP contribution >= 0.6 is 0 Å². The molecule has 0 saturated heterocycles. The molecule has 2 aliphatic rings. The van der Waals surface area contributed by atoms with E-state index in [1.807, 2.05) is 13.8 Å². The van der Waals surface area contributed by atoms with Gasteiger partial charge in [0.2, 0.25) is 5.91 Å². The number of carbonyl (C=O) groups is 3.